The molecule has 7 rings (SSSR count). The Bertz CT molecular complexity index is 1390. The number of likely N-dealkylation sites (tertiary alicyclic amines) is 2. The van der Waals surface area contributed by atoms with Gasteiger partial charge in [0.2, 0.25) is 5.88 Å². The van der Waals surface area contributed by atoms with E-state index in [-0.39, 0.29) is 11.7 Å². The molecule has 0 bridgehead atoms. The van der Waals surface area contributed by atoms with Crippen LogP contribution in [0.2, 0.25) is 0 Å². The lowest BCUT2D eigenvalue weighted by Crippen LogP contribution is -2.52. The van der Waals surface area contributed by atoms with Gasteiger partial charge in [-0.3, -0.25) is 9.80 Å². The average molecular weight is 576 g/mol. The predicted molar refractivity (Wildman–Crippen MR) is 157 cm³/mol. The summed E-state index contributed by atoms with van der Waals surface area (Å²) in [5, 5.41) is 9.52. The highest BCUT2D eigenvalue weighted by atomic mass is 16.5. The Morgan fingerprint density at radius 1 is 1.00 bits per heavy atom. The van der Waals surface area contributed by atoms with E-state index in [2.05, 4.69) is 26.5 Å². The highest BCUT2D eigenvalue weighted by molar-refractivity contribution is 5.92. The van der Waals surface area contributed by atoms with Crippen LogP contribution < -0.4 is 4.74 Å². The second-order valence-corrected chi connectivity index (χ2v) is 12.4. The highest BCUT2D eigenvalue weighted by Crippen LogP contribution is 2.30. The summed E-state index contributed by atoms with van der Waals surface area (Å²) < 4.78 is 19.4. The first kappa shape index (κ1) is 27.8. The summed E-state index contributed by atoms with van der Waals surface area (Å²) in [6, 6.07) is 12.0. The molecule has 1 N–H and O–H groups in total. The van der Waals surface area contributed by atoms with Crippen molar-refractivity contribution in [1.82, 2.24) is 24.3 Å². The third-order valence-corrected chi connectivity index (χ3v) is 9.62. The number of aromatic nitrogens is 3. The Hall–Kier alpha value is -3.05. The van der Waals surface area contributed by atoms with Gasteiger partial charge >= 0.3 is 5.97 Å². The Labute approximate surface area is 246 Å². The zero-order valence-corrected chi connectivity index (χ0v) is 24.2. The van der Waals surface area contributed by atoms with Crippen LogP contribution in [0.1, 0.15) is 59.9 Å². The van der Waals surface area contributed by atoms with Gasteiger partial charge in [-0.1, -0.05) is 6.07 Å². The van der Waals surface area contributed by atoms with Crippen molar-refractivity contribution in [2.75, 3.05) is 52.6 Å². The number of benzene rings is 1. The fraction of sp³-hybridized carbons (Fsp3) is 0.594. The molecule has 0 saturated carbocycles. The molecule has 3 aromatic rings. The van der Waals surface area contributed by atoms with Gasteiger partial charge in [0.1, 0.15) is 5.82 Å². The molecule has 42 heavy (non-hydrogen) atoms. The van der Waals surface area contributed by atoms with Gasteiger partial charge in [-0.2, -0.15) is 0 Å². The predicted octanol–water partition coefficient (Wildman–Crippen LogP) is 3.79. The van der Waals surface area contributed by atoms with Crippen molar-refractivity contribution < 1.29 is 24.1 Å². The molecular formula is C32H41N5O5. The molecule has 6 heterocycles. The van der Waals surface area contributed by atoms with Crippen molar-refractivity contribution in [3.05, 3.63) is 53.5 Å². The number of hydrogen-bond donors (Lipinski definition) is 1. The van der Waals surface area contributed by atoms with E-state index in [4.69, 9.17) is 24.2 Å². The molecule has 10 heteroatoms. The van der Waals surface area contributed by atoms with Gasteiger partial charge in [-0.15, -0.1) is 0 Å². The first-order chi connectivity index (χ1) is 20.6. The number of carboxylic acids is 1. The zero-order chi connectivity index (χ0) is 28.5. The number of piperidine rings is 2. The van der Waals surface area contributed by atoms with Crippen LogP contribution in [-0.4, -0.2) is 100 Å². The number of nitrogens with zero attached hydrogens (tertiary/aromatic N) is 5. The fourth-order valence-corrected chi connectivity index (χ4v) is 6.71. The van der Waals surface area contributed by atoms with Crippen molar-refractivity contribution in [2.24, 2.45) is 5.92 Å². The van der Waals surface area contributed by atoms with Gasteiger partial charge in [0, 0.05) is 24.3 Å². The fourth-order valence-electron chi connectivity index (χ4n) is 6.71. The van der Waals surface area contributed by atoms with E-state index in [1.807, 2.05) is 12.1 Å². The number of carboxylic acid groups (broad SMARTS) is 1. The first-order valence-electron chi connectivity index (χ1n) is 15.6. The molecule has 1 atom stereocenters. The molecule has 0 aliphatic carbocycles. The number of aromatic carboxylic acids is 1. The minimum Gasteiger partial charge on any atom is -0.478 e. The van der Waals surface area contributed by atoms with E-state index < -0.39 is 5.97 Å². The van der Waals surface area contributed by atoms with Gasteiger partial charge in [0.15, 0.2) is 0 Å². The summed E-state index contributed by atoms with van der Waals surface area (Å²) in [4.78, 5) is 26.5. The average Bonchev–Trinajstić information content (AvgIpc) is 3.30. The van der Waals surface area contributed by atoms with E-state index >= 15 is 0 Å². The number of fused-ring (bicyclic) bond motifs is 1. The monoisotopic (exact) mass is 575 g/mol. The van der Waals surface area contributed by atoms with Crippen molar-refractivity contribution in [2.45, 2.75) is 63.3 Å². The molecule has 2 aromatic heterocycles. The molecule has 0 amide bonds. The molecule has 0 spiro atoms. The topological polar surface area (TPSA) is 102 Å². The number of pyridine rings is 1. The van der Waals surface area contributed by atoms with Crippen LogP contribution in [0.5, 0.6) is 5.88 Å². The van der Waals surface area contributed by atoms with Crippen LogP contribution in [0, 0.1) is 5.92 Å². The Morgan fingerprint density at radius 3 is 2.50 bits per heavy atom. The van der Waals surface area contributed by atoms with Gasteiger partial charge in [0.05, 0.1) is 61.7 Å². The molecule has 10 nitrogen and oxygen atoms in total. The standard InChI is InChI=1S/C32H41N5O5/c38-32(39)24-4-5-28-29(16-24)37(17-26-10-15-41-26)30(33-28)18-35-11-8-23(9-12-35)27-2-1-3-31(34-27)42-19-22-6-13-36(14-7-22)25-20-40-21-25/h1-5,16,22-23,25-26H,6-15,17-21H2,(H,38,39)/t26-/m0/s1. The summed E-state index contributed by atoms with van der Waals surface area (Å²) in [6.07, 6.45) is 5.61. The Kier molecular flexibility index (Phi) is 8.12. The van der Waals surface area contributed by atoms with Gasteiger partial charge in [0.25, 0.3) is 0 Å². The number of rotatable bonds is 10. The van der Waals surface area contributed by atoms with E-state index in [0.29, 0.717) is 24.4 Å². The normalized spacial score (nSPS) is 23.1. The van der Waals surface area contributed by atoms with Crippen LogP contribution in [0.3, 0.4) is 0 Å². The lowest BCUT2D eigenvalue weighted by Gasteiger charge is -2.41. The van der Waals surface area contributed by atoms with E-state index in [1.165, 1.54) is 12.8 Å². The molecule has 224 valence electrons. The minimum absolute atomic E-state index is 0.163. The Balaban J connectivity index is 0.944. The quantitative estimate of drug-likeness (QED) is 0.387. The summed E-state index contributed by atoms with van der Waals surface area (Å²) in [5.74, 6) is 1.81. The van der Waals surface area contributed by atoms with Crippen molar-refractivity contribution in [3.8, 4) is 5.88 Å². The van der Waals surface area contributed by atoms with E-state index in [9.17, 15) is 9.90 Å². The number of ether oxygens (including phenoxy) is 3. The molecule has 4 fully saturated rings. The molecule has 4 saturated heterocycles. The zero-order valence-electron chi connectivity index (χ0n) is 24.2. The third-order valence-electron chi connectivity index (χ3n) is 9.62. The van der Waals surface area contributed by atoms with Gasteiger partial charge < -0.3 is 23.9 Å². The molecule has 0 radical (unpaired) electrons. The summed E-state index contributed by atoms with van der Waals surface area (Å²) >= 11 is 0. The third kappa shape index (κ3) is 6.04. The maximum absolute atomic E-state index is 11.6. The second-order valence-electron chi connectivity index (χ2n) is 12.4. The second kappa shape index (κ2) is 12.3. The minimum atomic E-state index is -0.920. The maximum Gasteiger partial charge on any atom is 0.335 e. The molecule has 1 aromatic carbocycles. The number of carbonyl (C=O) groups is 1. The molecule has 4 aliphatic rings. The number of hydrogen-bond acceptors (Lipinski definition) is 8. The van der Waals surface area contributed by atoms with Crippen LogP contribution in [-0.2, 0) is 22.6 Å². The van der Waals surface area contributed by atoms with E-state index in [0.717, 1.165) is 107 Å². The largest absolute Gasteiger partial charge is 0.478 e. The molecule has 0 unspecified atom stereocenters. The Morgan fingerprint density at radius 2 is 1.81 bits per heavy atom. The van der Waals surface area contributed by atoms with Crippen LogP contribution in [0.15, 0.2) is 36.4 Å². The smallest absolute Gasteiger partial charge is 0.335 e. The van der Waals surface area contributed by atoms with Gasteiger partial charge in [-0.25, -0.2) is 14.8 Å². The van der Waals surface area contributed by atoms with Crippen LogP contribution in [0.25, 0.3) is 11.0 Å². The van der Waals surface area contributed by atoms with Gasteiger partial charge in [-0.05, 0) is 88.5 Å². The number of imidazole rings is 1. The van der Waals surface area contributed by atoms with Crippen molar-refractivity contribution in [3.63, 3.8) is 0 Å². The first-order valence-corrected chi connectivity index (χ1v) is 15.6. The summed E-state index contributed by atoms with van der Waals surface area (Å²) in [6.45, 7) is 8.96. The molecular weight excluding hydrogens is 534 g/mol. The van der Waals surface area contributed by atoms with E-state index in [1.54, 1.807) is 12.1 Å². The molecule has 4 aliphatic heterocycles. The summed E-state index contributed by atoms with van der Waals surface area (Å²) in [7, 11) is 0. The van der Waals surface area contributed by atoms with Crippen LogP contribution in [0.4, 0.5) is 0 Å². The maximum atomic E-state index is 11.6. The SMILES string of the molecule is O=C(O)c1ccc2nc(CN3CCC(c4cccc(OCC5CCN(C6COC6)CC5)n4)CC3)n(C[C@@H]3CCO3)c2c1. The van der Waals surface area contributed by atoms with Crippen molar-refractivity contribution >= 4 is 17.0 Å². The highest BCUT2D eigenvalue weighted by Gasteiger charge is 2.30. The lowest BCUT2D eigenvalue weighted by atomic mass is 9.93. The van der Waals surface area contributed by atoms with Crippen molar-refractivity contribution in [1.29, 1.82) is 0 Å². The summed E-state index contributed by atoms with van der Waals surface area (Å²) in [5.41, 5.74) is 3.12. The lowest BCUT2D eigenvalue weighted by molar-refractivity contribution is -0.0750. The van der Waals surface area contributed by atoms with Crippen LogP contribution >= 0.6 is 0 Å².